The van der Waals surface area contributed by atoms with Crippen LogP contribution in [0.3, 0.4) is 0 Å². The Bertz CT molecular complexity index is 892. The first-order valence-corrected chi connectivity index (χ1v) is 9.36. The van der Waals surface area contributed by atoms with Gasteiger partial charge in [-0.05, 0) is 35.9 Å². The Morgan fingerprint density at radius 2 is 1.84 bits per heavy atom. The highest BCUT2D eigenvalue weighted by Crippen LogP contribution is 2.18. The van der Waals surface area contributed by atoms with Gasteiger partial charge in [0.15, 0.2) is 5.76 Å². The average molecular weight is 374 g/mol. The van der Waals surface area contributed by atoms with Crippen LogP contribution in [0.5, 0.6) is 0 Å². The molecule has 0 spiro atoms. The fourth-order valence-corrected chi connectivity index (χ4v) is 3.59. The largest absolute Gasteiger partial charge is 0.455 e. The molecule has 0 bridgehead atoms. The number of carbonyl (C=O) groups excluding carboxylic acids is 1. The molecule has 0 unspecified atom stereocenters. The molecule has 1 heterocycles. The van der Waals surface area contributed by atoms with E-state index in [0.29, 0.717) is 22.2 Å². The molecule has 25 heavy (non-hydrogen) atoms. The Morgan fingerprint density at radius 1 is 1.04 bits per heavy atom. The molecule has 6 heteroatoms. The minimum atomic E-state index is -1.29. The third-order valence-electron chi connectivity index (χ3n) is 3.51. The maximum Gasteiger partial charge on any atom is 0.287 e. The fraction of sp³-hybridized carbons (Fsp3) is 0.105. The Labute approximate surface area is 153 Å². The van der Waals surface area contributed by atoms with E-state index < -0.39 is 10.8 Å². The van der Waals surface area contributed by atoms with Gasteiger partial charge in [-0.1, -0.05) is 48.0 Å². The van der Waals surface area contributed by atoms with E-state index in [0.717, 1.165) is 5.56 Å². The van der Waals surface area contributed by atoms with E-state index >= 15 is 0 Å². The molecule has 2 aromatic carbocycles. The van der Waals surface area contributed by atoms with E-state index in [9.17, 15) is 9.00 Å². The zero-order valence-electron chi connectivity index (χ0n) is 13.3. The highest BCUT2D eigenvalue weighted by molar-refractivity contribution is 7.84. The summed E-state index contributed by atoms with van der Waals surface area (Å²) in [5.74, 6) is 0.576. The second-order valence-corrected chi connectivity index (χ2v) is 7.27. The number of hydrogen-bond acceptors (Lipinski definition) is 3. The fourth-order valence-electron chi connectivity index (χ4n) is 2.26. The zero-order chi connectivity index (χ0) is 17.6. The number of carbonyl (C=O) groups is 1. The molecule has 3 aromatic rings. The van der Waals surface area contributed by atoms with Crippen molar-refractivity contribution < 1.29 is 13.4 Å². The topological polar surface area (TPSA) is 59.3 Å². The van der Waals surface area contributed by atoms with Crippen LogP contribution in [0.25, 0.3) is 0 Å². The van der Waals surface area contributed by atoms with E-state index in [2.05, 4.69) is 5.32 Å². The van der Waals surface area contributed by atoms with Gasteiger partial charge in [-0.3, -0.25) is 9.00 Å². The summed E-state index contributed by atoms with van der Waals surface area (Å²) in [7, 11) is -1.29. The maximum atomic E-state index is 12.3. The summed E-state index contributed by atoms with van der Waals surface area (Å²) in [6, 6.07) is 19.8. The number of furan rings is 1. The van der Waals surface area contributed by atoms with E-state index in [-0.39, 0.29) is 17.4 Å². The van der Waals surface area contributed by atoms with E-state index in [1.54, 1.807) is 36.4 Å². The van der Waals surface area contributed by atoms with Gasteiger partial charge in [-0.25, -0.2) is 0 Å². The monoisotopic (exact) mass is 373 g/mol. The summed E-state index contributed by atoms with van der Waals surface area (Å²) in [5.41, 5.74) is 1.00. The third kappa shape index (κ3) is 4.81. The van der Waals surface area contributed by atoms with Crippen molar-refractivity contribution in [2.24, 2.45) is 0 Å². The number of amides is 1. The van der Waals surface area contributed by atoms with Gasteiger partial charge in [0.05, 0.1) is 16.6 Å². The van der Waals surface area contributed by atoms with Gasteiger partial charge in [0.1, 0.15) is 5.76 Å². The predicted molar refractivity (Wildman–Crippen MR) is 97.9 cm³/mol. The van der Waals surface area contributed by atoms with Crippen molar-refractivity contribution in [1.82, 2.24) is 5.32 Å². The van der Waals surface area contributed by atoms with Gasteiger partial charge in [0.25, 0.3) is 5.91 Å². The first kappa shape index (κ1) is 17.5. The molecule has 1 atom stereocenters. The van der Waals surface area contributed by atoms with E-state index in [4.69, 9.17) is 16.0 Å². The van der Waals surface area contributed by atoms with Crippen LogP contribution in [0.1, 0.15) is 21.9 Å². The highest BCUT2D eigenvalue weighted by Gasteiger charge is 2.13. The summed E-state index contributed by atoms with van der Waals surface area (Å²) >= 11 is 5.91. The van der Waals surface area contributed by atoms with E-state index in [1.165, 1.54) is 0 Å². The molecule has 0 radical (unpaired) electrons. The lowest BCUT2D eigenvalue weighted by Gasteiger charge is -2.03. The highest BCUT2D eigenvalue weighted by atomic mass is 35.5. The van der Waals surface area contributed by atoms with Crippen LogP contribution in [0.4, 0.5) is 0 Å². The summed E-state index contributed by atoms with van der Waals surface area (Å²) in [5, 5.41) is 3.33. The molecule has 4 nitrogen and oxygen atoms in total. The van der Waals surface area contributed by atoms with Crippen molar-refractivity contribution >= 4 is 28.3 Å². The molecular weight excluding hydrogens is 358 g/mol. The van der Waals surface area contributed by atoms with Crippen LogP contribution in [-0.2, 0) is 23.1 Å². The van der Waals surface area contributed by atoms with Crippen LogP contribution in [-0.4, -0.2) is 10.1 Å². The van der Waals surface area contributed by atoms with Gasteiger partial charge in [-0.2, -0.15) is 0 Å². The van der Waals surface area contributed by atoms with Gasteiger partial charge >= 0.3 is 0 Å². The molecule has 128 valence electrons. The van der Waals surface area contributed by atoms with Crippen LogP contribution in [0.2, 0.25) is 5.02 Å². The van der Waals surface area contributed by atoms with Gasteiger partial charge in [0.2, 0.25) is 0 Å². The number of hydrogen-bond donors (Lipinski definition) is 1. The third-order valence-corrected chi connectivity index (χ3v) is 5.08. The number of rotatable bonds is 6. The Kier molecular flexibility index (Phi) is 5.68. The van der Waals surface area contributed by atoms with Crippen LogP contribution in [0, 0.1) is 0 Å². The maximum absolute atomic E-state index is 12.3. The molecule has 3 rings (SSSR count). The van der Waals surface area contributed by atoms with E-state index in [1.807, 2.05) is 30.3 Å². The molecule has 0 saturated heterocycles. The van der Waals surface area contributed by atoms with Crippen molar-refractivity contribution in [2.45, 2.75) is 17.2 Å². The molecule has 0 saturated carbocycles. The Balaban J connectivity index is 1.60. The molecule has 0 aliphatic carbocycles. The molecule has 1 aromatic heterocycles. The first-order chi connectivity index (χ1) is 12.1. The minimum absolute atomic E-state index is 0.187. The smallest absolute Gasteiger partial charge is 0.287 e. The van der Waals surface area contributed by atoms with Crippen molar-refractivity contribution in [3.05, 3.63) is 88.8 Å². The number of nitrogens with one attached hydrogen (secondary N) is 1. The quantitative estimate of drug-likeness (QED) is 0.705. The summed E-state index contributed by atoms with van der Waals surface area (Å²) in [4.78, 5) is 12.8. The molecule has 1 amide bonds. The second kappa shape index (κ2) is 8.14. The van der Waals surface area contributed by atoms with Gasteiger partial charge in [0, 0.05) is 16.5 Å². The molecule has 0 aliphatic heterocycles. The normalized spacial score (nSPS) is 11.9. The lowest BCUT2D eigenvalue weighted by molar-refractivity contribution is 0.0921. The number of halogens is 1. The van der Waals surface area contributed by atoms with Gasteiger partial charge < -0.3 is 9.73 Å². The summed E-state index contributed by atoms with van der Waals surface area (Å²) < 4.78 is 17.9. The lowest BCUT2D eigenvalue weighted by Crippen LogP contribution is -2.22. The molecule has 0 fully saturated rings. The van der Waals surface area contributed by atoms with Crippen molar-refractivity contribution in [3.63, 3.8) is 0 Å². The van der Waals surface area contributed by atoms with Crippen LogP contribution in [0.15, 0.2) is 76.0 Å². The second-order valence-electron chi connectivity index (χ2n) is 5.38. The predicted octanol–water partition coefficient (Wildman–Crippen LogP) is 4.17. The van der Waals surface area contributed by atoms with Crippen LogP contribution >= 0.6 is 11.6 Å². The Morgan fingerprint density at radius 3 is 2.60 bits per heavy atom. The standard InChI is InChI=1S/C19H16ClNO3S/c20-15-7-4-8-17(11-15)25(23)13-16-9-10-18(24-16)19(22)21-12-14-5-2-1-3-6-14/h1-11H,12-13H2,(H,21,22)/t25-/m1/s1. The average Bonchev–Trinajstić information content (AvgIpc) is 3.09. The van der Waals surface area contributed by atoms with Crippen molar-refractivity contribution in [3.8, 4) is 0 Å². The molecular formula is C19H16ClNO3S. The van der Waals surface area contributed by atoms with Crippen molar-refractivity contribution in [1.29, 1.82) is 0 Å². The summed E-state index contributed by atoms with van der Waals surface area (Å²) in [6.45, 7) is 0.421. The first-order valence-electron chi connectivity index (χ1n) is 7.66. The zero-order valence-corrected chi connectivity index (χ0v) is 14.8. The molecule has 1 N–H and O–H groups in total. The minimum Gasteiger partial charge on any atom is -0.455 e. The Hall–Kier alpha value is -2.37. The van der Waals surface area contributed by atoms with Gasteiger partial charge in [-0.15, -0.1) is 0 Å². The molecule has 0 aliphatic rings. The summed E-state index contributed by atoms with van der Waals surface area (Å²) in [6.07, 6.45) is 0. The number of benzene rings is 2. The van der Waals surface area contributed by atoms with Crippen LogP contribution < -0.4 is 5.32 Å². The SMILES string of the molecule is O=C(NCc1ccccc1)c1ccc(C[S@@](=O)c2cccc(Cl)c2)o1. The van der Waals surface area contributed by atoms with Crippen molar-refractivity contribution in [2.75, 3.05) is 0 Å². The lowest BCUT2D eigenvalue weighted by atomic mass is 10.2.